The molecule has 0 saturated heterocycles. The highest BCUT2D eigenvalue weighted by atomic mass is 15.2. The molecule has 0 aromatic heterocycles. The average molecular weight is 173 g/mol. The number of nitrogens with one attached hydrogen (secondary N) is 1. The third-order valence-corrected chi connectivity index (χ3v) is 2.42. The summed E-state index contributed by atoms with van der Waals surface area (Å²) in [5, 5.41) is 0. The van der Waals surface area contributed by atoms with Crippen molar-refractivity contribution in [1.29, 1.82) is 0 Å². The largest absolute Gasteiger partial charge is 0.304 e. The van der Waals surface area contributed by atoms with E-state index < -0.39 is 0 Å². The zero-order valence-corrected chi connectivity index (χ0v) is 8.64. The zero-order valence-electron chi connectivity index (χ0n) is 8.64. The fourth-order valence-electron chi connectivity index (χ4n) is 1.28. The van der Waals surface area contributed by atoms with Crippen LogP contribution in [0.2, 0.25) is 0 Å². The van der Waals surface area contributed by atoms with Crippen LogP contribution in [-0.4, -0.2) is 30.6 Å². The van der Waals surface area contributed by atoms with Crippen LogP contribution in [0.15, 0.2) is 0 Å². The van der Waals surface area contributed by atoms with E-state index >= 15 is 0 Å². The molecule has 0 rings (SSSR count). The molecule has 74 valence electrons. The number of hydrazine groups is 1. The van der Waals surface area contributed by atoms with Gasteiger partial charge in [-0.25, -0.2) is 0 Å². The lowest BCUT2D eigenvalue weighted by Crippen LogP contribution is -2.37. The molecule has 12 heavy (non-hydrogen) atoms. The molecule has 3 nitrogen and oxygen atoms in total. The van der Waals surface area contributed by atoms with Crippen LogP contribution in [0.5, 0.6) is 0 Å². The van der Waals surface area contributed by atoms with Crippen LogP contribution in [0.1, 0.15) is 33.6 Å². The van der Waals surface area contributed by atoms with E-state index in [9.17, 15) is 0 Å². The molecule has 0 radical (unpaired) electrons. The van der Waals surface area contributed by atoms with Crippen molar-refractivity contribution in [2.24, 2.45) is 5.84 Å². The Kier molecular flexibility index (Phi) is 7.45. The van der Waals surface area contributed by atoms with Crippen molar-refractivity contribution < 1.29 is 0 Å². The molecule has 0 aromatic carbocycles. The molecular weight excluding hydrogens is 150 g/mol. The van der Waals surface area contributed by atoms with Crippen LogP contribution in [0.4, 0.5) is 0 Å². The highest BCUT2D eigenvalue weighted by molar-refractivity contribution is 4.63. The molecule has 0 amide bonds. The van der Waals surface area contributed by atoms with Gasteiger partial charge in [0.1, 0.15) is 0 Å². The summed E-state index contributed by atoms with van der Waals surface area (Å²) < 4.78 is 0. The molecule has 3 heteroatoms. The van der Waals surface area contributed by atoms with E-state index in [0.717, 1.165) is 32.5 Å². The quantitative estimate of drug-likeness (QED) is 0.445. The second-order valence-electron chi connectivity index (χ2n) is 3.09. The Bertz CT molecular complexity index is 75.8. The first-order chi connectivity index (χ1) is 5.78. The first-order valence-corrected chi connectivity index (χ1v) is 4.96. The van der Waals surface area contributed by atoms with Gasteiger partial charge in [0.2, 0.25) is 0 Å². The van der Waals surface area contributed by atoms with E-state index in [-0.39, 0.29) is 0 Å². The SMILES string of the molecule is CCC(CCN(CC)CC)NN. The van der Waals surface area contributed by atoms with Crippen LogP contribution in [0.25, 0.3) is 0 Å². The van der Waals surface area contributed by atoms with Crippen molar-refractivity contribution in [3.8, 4) is 0 Å². The van der Waals surface area contributed by atoms with Gasteiger partial charge in [0.15, 0.2) is 0 Å². The zero-order chi connectivity index (χ0) is 9.40. The van der Waals surface area contributed by atoms with Gasteiger partial charge in [-0.1, -0.05) is 20.8 Å². The first-order valence-electron chi connectivity index (χ1n) is 4.96. The fourth-order valence-corrected chi connectivity index (χ4v) is 1.28. The Morgan fingerprint density at radius 3 is 2.17 bits per heavy atom. The molecular formula is C9H23N3. The lowest BCUT2D eigenvalue weighted by molar-refractivity contribution is 0.279. The van der Waals surface area contributed by atoms with E-state index in [0.29, 0.717) is 6.04 Å². The molecule has 0 aromatic rings. The summed E-state index contributed by atoms with van der Waals surface area (Å²) in [6.45, 7) is 9.97. The summed E-state index contributed by atoms with van der Waals surface area (Å²) in [6.07, 6.45) is 2.26. The summed E-state index contributed by atoms with van der Waals surface area (Å²) in [7, 11) is 0. The third-order valence-electron chi connectivity index (χ3n) is 2.42. The minimum absolute atomic E-state index is 0.477. The molecule has 0 aliphatic rings. The molecule has 0 aliphatic heterocycles. The molecule has 0 saturated carbocycles. The monoisotopic (exact) mass is 173 g/mol. The number of rotatable bonds is 7. The highest BCUT2D eigenvalue weighted by Gasteiger charge is 2.05. The van der Waals surface area contributed by atoms with Gasteiger partial charge < -0.3 is 4.90 Å². The number of nitrogens with two attached hydrogens (primary N) is 1. The maximum atomic E-state index is 5.38. The van der Waals surface area contributed by atoms with E-state index in [1.807, 2.05) is 0 Å². The summed E-state index contributed by atoms with van der Waals surface area (Å²) >= 11 is 0. The lowest BCUT2D eigenvalue weighted by atomic mass is 10.1. The van der Waals surface area contributed by atoms with Crippen LogP contribution in [-0.2, 0) is 0 Å². The number of nitrogens with zero attached hydrogens (tertiary/aromatic N) is 1. The Morgan fingerprint density at radius 1 is 1.25 bits per heavy atom. The second-order valence-corrected chi connectivity index (χ2v) is 3.09. The van der Waals surface area contributed by atoms with Crippen LogP contribution in [0.3, 0.4) is 0 Å². The standard InChI is InChI=1S/C9H23N3/c1-4-9(11-10)7-8-12(5-2)6-3/h9,11H,4-8,10H2,1-3H3. The molecule has 0 bridgehead atoms. The van der Waals surface area contributed by atoms with Crippen molar-refractivity contribution in [2.75, 3.05) is 19.6 Å². The third kappa shape index (κ3) is 4.70. The number of hydrogen-bond donors (Lipinski definition) is 2. The van der Waals surface area contributed by atoms with Gasteiger partial charge in [0.25, 0.3) is 0 Å². The van der Waals surface area contributed by atoms with Gasteiger partial charge in [-0.15, -0.1) is 0 Å². The van der Waals surface area contributed by atoms with Gasteiger partial charge in [0.05, 0.1) is 0 Å². The predicted octanol–water partition coefficient (Wildman–Crippen LogP) is 0.960. The molecule has 1 unspecified atom stereocenters. The smallest absolute Gasteiger partial charge is 0.0220 e. The number of hydrogen-bond acceptors (Lipinski definition) is 3. The molecule has 0 fully saturated rings. The highest BCUT2D eigenvalue weighted by Crippen LogP contribution is 1.98. The van der Waals surface area contributed by atoms with E-state index in [4.69, 9.17) is 5.84 Å². The first kappa shape index (κ1) is 11.9. The van der Waals surface area contributed by atoms with E-state index in [2.05, 4.69) is 31.1 Å². The van der Waals surface area contributed by atoms with Crippen molar-refractivity contribution in [1.82, 2.24) is 10.3 Å². The van der Waals surface area contributed by atoms with Gasteiger partial charge in [-0.05, 0) is 32.5 Å². The Balaban J connectivity index is 3.49. The minimum Gasteiger partial charge on any atom is -0.304 e. The van der Waals surface area contributed by atoms with E-state index in [1.54, 1.807) is 0 Å². The van der Waals surface area contributed by atoms with Crippen LogP contribution >= 0.6 is 0 Å². The molecule has 1 atom stereocenters. The summed E-state index contributed by atoms with van der Waals surface area (Å²) in [5.41, 5.74) is 2.83. The normalized spacial score (nSPS) is 13.8. The molecule has 0 spiro atoms. The van der Waals surface area contributed by atoms with Crippen molar-refractivity contribution in [3.05, 3.63) is 0 Å². The van der Waals surface area contributed by atoms with E-state index in [1.165, 1.54) is 0 Å². The maximum absolute atomic E-state index is 5.38. The topological polar surface area (TPSA) is 41.3 Å². The van der Waals surface area contributed by atoms with Crippen molar-refractivity contribution in [2.45, 2.75) is 39.7 Å². The molecule has 0 aliphatic carbocycles. The van der Waals surface area contributed by atoms with Crippen LogP contribution in [0, 0.1) is 0 Å². The van der Waals surface area contributed by atoms with Crippen molar-refractivity contribution in [3.63, 3.8) is 0 Å². The van der Waals surface area contributed by atoms with Gasteiger partial charge >= 0.3 is 0 Å². The van der Waals surface area contributed by atoms with Crippen molar-refractivity contribution >= 4 is 0 Å². The Hall–Kier alpha value is -0.120. The molecule has 3 N–H and O–H groups in total. The Morgan fingerprint density at radius 2 is 1.83 bits per heavy atom. The maximum Gasteiger partial charge on any atom is 0.0220 e. The average Bonchev–Trinajstić information content (AvgIpc) is 2.13. The van der Waals surface area contributed by atoms with Gasteiger partial charge in [-0.3, -0.25) is 11.3 Å². The lowest BCUT2D eigenvalue weighted by Gasteiger charge is -2.21. The van der Waals surface area contributed by atoms with Crippen LogP contribution < -0.4 is 11.3 Å². The summed E-state index contributed by atoms with van der Waals surface area (Å²) in [5.74, 6) is 5.38. The molecule has 0 heterocycles. The Labute approximate surface area is 76.3 Å². The predicted molar refractivity (Wildman–Crippen MR) is 53.8 cm³/mol. The fraction of sp³-hybridized carbons (Fsp3) is 1.00. The minimum atomic E-state index is 0.477. The summed E-state index contributed by atoms with van der Waals surface area (Å²) in [6, 6.07) is 0.477. The van der Waals surface area contributed by atoms with Gasteiger partial charge in [-0.2, -0.15) is 0 Å². The summed E-state index contributed by atoms with van der Waals surface area (Å²) in [4.78, 5) is 2.42. The second kappa shape index (κ2) is 7.53. The van der Waals surface area contributed by atoms with Gasteiger partial charge in [0, 0.05) is 6.04 Å².